The Bertz CT molecular complexity index is 143. The Morgan fingerprint density at radius 3 is 1.85 bits per heavy atom. The Balaban J connectivity index is 0. The van der Waals surface area contributed by atoms with Gasteiger partial charge in [-0.25, -0.2) is 0 Å². The van der Waals surface area contributed by atoms with Crippen molar-refractivity contribution >= 4 is 6.29 Å². The first kappa shape index (κ1) is 15.5. The molecule has 5 N–H and O–H groups in total. The number of rotatable bonds is 5. The van der Waals surface area contributed by atoms with Crippen molar-refractivity contribution in [2.24, 2.45) is 0 Å². The zero-order valence-corrected chi connectivity index (χ0v) is 7.48. The van der Waals surface area contributed by atoms with E-state index in [4.69, 9.17) is 25.5 Å². The second kappa shape index (κ2) is 7.40. The first-order valence-electron chi connectivity index (χ1n) is 3.33. The van der Waals surface area contributed by atoms with Gasteiger partial charge in [0.05, 0.1) is 6.61 Å². The van der Waals surface area contributed by atoms with E-state index in [1.165, 1.54) is 0 Å². The molecule has 4 atom stereocenters. The normalized spacial score (nSPS) is 19.5. The van der Waals surface area contributed by atoms with Crippen LogP contribution in [0.4, 0.5) is 0 Å². The molecule has 0 aromatic heterocycles. The molecule has 0 bridgehead atoms. The molecular weight excluding hydrogens is 232 g/mol. The first-order chi connectivity index (χ1) is 5.54. The molecule has 0 heterocycles. The minimum Gasteiger partial charge on any atom is -0.394 e. The van der Waals surface area contributed by atoms with Crippen molar-refractivity contribution in [3.8, 4) is 0 Å². The van der Waals surface area contributed by atoms with E-state index in [0.29, 0.717) is 0 Å². The van der Waals surface area contributed by atoms with Gasteiger partial charge in [-0.2, -0.15) is 0 Å². The van der Waals surface area contributed by atoms with Crippen molar-refractivity contribution in [2.75, 3.05) is 6.61 Å². The van der Waals surface area contributed by atoms with Gasteiger partial charge in [-0.15, -0.1) is 0 Å². The van der Waals surface area contributed by atoms with Gasteiger partial charge >= 0.3 is 17.1 Å². The molecule has 0 spiro atoms. The number of carbonyl (C=O) groups is 1. The van der Waals surface area contributed by atoms with Crippen molar-refractivity contribution in [3.05, 3.63) is 0 Å². The van der Waals surface area contributed by atoms with Crippen molar-refractivity contribution in [3.63, 3.8) is 0 Å². The zero-order valence-electron chi connectivity index (χ0n) is 6.54. The smallest absolute Gasteiger partial charge is 0.394 e. The van der Waals surface area contributed by atoms with E-state index in [-0.39, 0.29) is 23.4 Å². The molecule has 0 rings (SSSR count). The van der Waals surface area contributed by atoms with Gasteiger partial charge in [0.1, 0.15) is 24.4 Å². The molecule has 0 aliphatic heterocycles. The first-order valence-corrected chi connectivity index (χ1v) is 3.33. The van der Waals surface area contributed by atoms with Crippen molar-refractivity contribution in [2.45, 2.75) is 24.4 Å². The maximum atomic E-state index is 9.90. The summed E-state index contributed by atoms with van der Waals surface area (Å²) in [6.45, 7) is -0.760. The Kier molecular flexibility index (Phi) is 8.80. The largest absolute Gasteiger partial charge is 1.00 e. The van der Waals surface area contributed by atoms with Gasteiger partial charge < -0.3 is 30.3 Å². The Morgan fingerprint density at radius 1 is 1.08 bits per heavy atom. The topological polar surface area (TPSA) is 118 Å². The molecule has 82 valence electrons. The van der Waals surface area contributed by atoms with Crippen LogP contribution in [0.15, 0.2) is 0 Å². The molecule has 0 amide bonds. The molecule has 13 heavy (non-hydrogen) atoms. The van der Waals surface area contributed by atoms with Crippen molar-refractivity contribution in [1.29, 1.82) is 0 Å². The fourth-order valence-corrected chi connectivity index (χ4v) is 0.618. The molecule has 0 fully saturated rings. The molecule has 0 unspecified atom stereocenters. The molecule has 6 nitrogen and oxygen atoms in total. The van der Waals surface area contributed by atoms with Crippen LogP contribution in [0.3, 0.4) is 0 Å². The predicted molar refractivity (Wildman–Crippen MR) is 37.2 cm³/mol. The van der Waals surface area contributed by atoms with Gasteiger partial charge in [0.15, 0.2) is 6.29 Å². The fraction of sp³-hybridized carbons (Fsp3) is 0.833. The minimum atomic E-state index is -1.79. The maximum absolute atomic E-state index is 9.90. The summed E-state index contributed by atoms with van der Waals surface area (Å²) in [5, 5.41) is 43.5. The SMILES string of the molecule is O=C[C@H](O)[C@@H](O)[C@H](O)[C@H](O)CO.[Cu+]. The third kappa shape index (κ3) is 4.68. The monoisotopic (exact) mass is 243 g/mol. The summed E-state index contributed by atoms with van der Waals surface area (Å²) in [4.78, 5) is 9.90. The zero-order chi connectivity index (χ0) is 9.72. The van der Waals surface area contributed by atoms with Crippen LogP contribution in [0.25, 0.3) is 0 Å². The van der Waals surface area contributed by atoms with Gasteiger partial charge in [0.25, 0.3) is 0 Å². The van der Waals surface area contributed by atoms with E-state index < -0.39 is 31.0 Å². The Morgan fingerprint density at radius 2 is 1.54 bits per heavy atom. The number of hydrogen-bond acceptors (Lipinski definition) is 6. The Labute approximate surface area is 85.3 Å². The van der Waals surface area contributed by atoms with E-state index in [9.17, 15) is 4.79 Å². The van der Waals surface area contributed by atoms with E-state index in [0.717, 1.165) is 0 Å². The van der Waals surface area contributed by atoms with Crippen LogP contribution in [0.5, 0.6) is 0 Å². The fourth-order valence-electron chi connectivity index (χ4n) is 0.618. The quantitative estimate of drug-likeness (QED) is 0.254. The molecule has 0 aromatic rings. The molecule has 7 heteroatoms. The van der Waals surface area contributed by atoms with Crippen LogP contribution in [-0.4, -0.2) is 62.8 Å². The molecule has 0 radical (unpaired) electrons. The van der Waals surface area contributed by atoms with Crippen LogP contribution in [0, 0.1) is 0 Å². The number of aldehydes is 1. The van der Waals surface area contributed by atoms with Crippen LogP contribution in [-0.2, 0) is 21.9 Å². The standard InChI is InChI=1S/C6H12O6.Cu/c7-1-3(9)5(11)6(12)4(10)2-8;/h1,3-6,8-12H,2H2;/q;+1/t3-,4+,5+,6+;/m0./s1. The van der Waals surface area contributed by atoms with Crippen molar-refractivity contribution < 1.29 is 47.4 Å². The van der Waals surface area contributed by atoms with E-state index in [1.807, 2.05) is 0 Å². The van der Waals surface area contributed by atoms with Gasteiger partial charge in [-0.05, 0) is 0 Å². The second-order valence-electron chi connectivity index (χ2n) is 2.36. The van der Waals surface area contributed by atoms with Crippen LogP contribution in [0.1, 0.15) is 0 Å². The average molecular weight is 244 g/mol. The van der Waals surface area contributed by atoms with Crippen LogP contribution in [0.2, 0.25) is 0 Å². The van der Waals surface area contributed by atoms with E-state index in [2.05, 4.69) is 0 Å². The predicted octanol–water partition coefficient (Wildman–Crippen LogP) is -3.38. The summed E-state index contributed by atoms with van der Waals surface area (Å²) < 4.78 is 0. The van der Waals surface area contributed by atoms with Gasteiger partial charge in [-0.3, -0.25) is 0 Å². The van der Waals surface area contributed by atoms with Gasteiger partial charge in [0.2, 0.25) is 0 Å². The summed E-state index contributed by atoms with van der Waals surface area (Å²) in [6.07, 6.45) is -6.84. The Hall–Kier alpha value is -0.0105. The molecule has 0 saturated carbocycles. The van der Waals surface area contributed by atoms with E-state index >= 15 is 0 Å². The number of aliphatic hydroxyl groups excluding tert-OH is 5. The second-order valence-corrected chi connectivity index (χ2v) is 2.36. The third-order valence-electron chi connectivity index (χ3n) is 1.42. The van der Waals surface area contributed by atoms with E-state index in [1.54, 1.807) is 0 Å². The van der Waals surface area contributed by atoms with Crippen LogP contribution >= 0.6 is 0 Å². The molecule has 0 saturated heterocycles. The third-order valence-corrected chi connectivity index (χ3v) is 1.42. The maximum Gasteiger partial charge on any atom is 1.00 e. The molecule has 0 aliphatic carbocycles. The molecule has 0 aromatic carbocycles. The summed E-state index contributed by atoms with van der Waals surface area (Å²) >= 11 is 0. The summed E-state index contributed by atoms with van der Waals surface area (Å²) in [7, 11) is 0. The number of hydrogen-bond donors (Lipinski definition) is 5. The molecular formula is C6H12CuO6+. The minimum absolute atomic E-state index is 0. The van der Waals surface area contributed by atoms with Crippen molar-refractivity contribution in [1.82, 2.24) is 0 Å². The van der Waals surface area contributed by atoms with Crippen LogP contribution < -0.4 is 0 Å². The summed E-state index contributed by atoms with van der Waals surface area (Å²) in [6, 6.07) is 0. The summed E-state index contributed by atoms with van der Waals surface area (Å²) in [5.74, 6) is 0. The van der Waals surface area contributed by atoms with Gasteiger partial charge in [0, 0.05) is 0 Å². The number of aliphatic hydroxyl groups is 5. The van der Waals surface area contributed by atoms with Gasteiger partial charge in [-0.1, -0.05) is 0 Å². The summed E-state index contributed by atoms with van der Waals surface area (Å²) in [5.41, 5.74) is 0. The number of carbonyl (C=O) groups excluding carboxylic acids is 1. The average Bonchev–Trinajstić information content (AvgIpc) is 2.12. The molecule has 0 aliphatic rings.